The van der Waals surface area contributed by atoms with Crippen molar-refractivity contribution in [3.63, 3.8) is 0 Å². The Balaban J connectivity index is 1.88. The summed E-state index contributed by atoms with van der Waals surface area (Å²) in [5.41, 5.74) is 0. The monoisotopic (exact) mass is 326 g/mol. The van der Waals surface area contributed by atoms with Gasteiger partial charge >= 0.3 is 11.9 Å². The number of hydrogen-bond donors (Lipinski definition) is 0. The van der Waals surface area contributed by atoms with Crippen LogP contribution in [0.2, 0.25) is 0 Å². The predicted octanol–water partition coefficient (Wildman–Crippen LogP) is 4.93. The van der Waals surface area contributed by atoms with Gasteiger partial charge in [0.05, 0.1) is 0 Å². The van der Waals surface area contributed by atoms with Gasteiger partial charge in [-0.15, -0.1) is 0 Å². The summed E-state index contributed by atoms with van der Waals surface area (Å²) in [6.45, 7) is 3.79. The number of hydrogen-bond acceptors (Lipinski definition) is 4. The third-order valence-corrected chi connectivity index (χ3v) is 4.47. The highest BCUT2D eigenvalue weighted by molar-refractivity contribution is 5.87. The Hall–Kier alpha value is -1.06. The molecule has 2 atom stereocenters. The van der Waals surface area contributed by atoms with Crippen LogP contribution in [0, 0.1) is 0 Å². The number of carbonyl (C=O) groups excluding carboxylic acids is 2. The van der Waals surface area contributed by atoms with Crippen LogP contribution >= 0.6 is 0 Å². The topological polar surface area (TPSA) is 52.6 Å². The van der Waals surface area contributed by atoms with Gasteiger partial charge in [0.15, 0.2) is 12.2 Å². The van der Waals surface area contributed by atoms with Crippen LogP contribution in [0.15, 0.2) is 0 Å². The van der Waals surface area contributed by atoms with E-state index in [0.717, 1.165) is 12.8 Å². The fourth-order valence-electron chi connectivity index (χ4n) is 2.93. The predicted molar refractivity (Wildman–Crippen MR) is 91.1 cm³/mol. The number of ether oxygens (including phenoxy) is 2. The maximum absolute atomic E-state index is 11.6. The minimum Gasteiger partial charge on any atom is -0.448 e. The van der Waals surface area contributed by atoms with E-state index in [0.29, 0.717) is 6.42 Å². The minimum absolute atomic E-state index is 0.389. The highest BCUT2D eigenvalue weighted by Gasteiger charge is 2.34. The van der Waals surface area contributed by atoms with E-state index >= 15 is 0 Å². The quantitative estimate of drug-likeness (QED) is 0.355. The number of esters is 2. The van der Waals surface area contributed by atoms with Gasteiger partial charge in [-0.1, -0.05) is 77.6 Å². The molecule has 0 aromatic carbocycles. The largest absolute Gasteiger partial charge is 0.448 e. The van der Waals surface area contributed by atoms with E-state index < -0.39 is 18.2 Å². The Morgan fingerprint density at radius 2 is 1.17 bits per heavy atom. The van der Waals surface area contributed by atoms with Crippen molar-refractivity contribution in [2.24, 2.45) is 0 Å². The van der Waals surface area contributed by atoms with Crippen LogP contribution in [0.1, 0.15) is 97.3 Å². The summed E-state index contributed by atoms with van der Waals surface area (Å²) in [6.07, 6.45) is 14.5. The zero-order valence-electron chi connectivity index (χ0n) is 15.0. The van der Waals surface area contributed by atoms with Crippen LogP contribution in [0.25, 0.3) is 0 Å². The van der Waals surface area contributed by atoms with Crippen LogP contribution in [0.3, 0.4) is 0 Å². The second kappa shape index (κ2) is 12.4. The van der Waals surface area contributed by atoms with Gasteiger partial charge in [0.1, 0.15) is 0 Å². The zero-order valence-corrected chi connectivity index (χ0v) is 15.0. The van der Waals surface area contributed by atoms with Gasteiger partial charge in [-0.3, -0.25) is 0 Å². The molecule has 23 heavy (non-hydrogen) atoms. The molecule has 0 aromatic heterocycles. The van der Waals surface area contributed by atoms with E-state index in [4.69, 9.17) is 9.47 Å². The molecule has 1 aliphatic heterocycles. The molecule has 1 heterocycles. The number of rotatable bonds is 13. The minimum atomic E-state index is -0.749. The van der Waals surface area contributed by atoms with E-state index in [1.807, 2.05) is 0 Å². The highest BCUT2D eigenvalue weighted by Crippen LogP contribution is 2.17. The van der Waals surface area contributed by atoms with E-state index in [-0.39, 0.29) is 5.97 Å². The lowest BCUT2D eigenvalue weighted by Crippen LogP contribution is -2.42. The summed E-state index contributed by atoms with van der Waals surface area (Å²) >= 11 is 0. The molecule has 0 N–H and O–H groups in total. The first kappa shape index (κ1) is 20.0. The SMILES string of the molecule is CCCCCCCCCCCCCCC1OC(=O)C(C)OC1=O. The van der Waals surface area contributed by atoms with Gasteiger partial charge in [-0.2, -0.15) is 0 Å². The molecule has 0 bridgehead atoms. The third-order valence-electron chi connectivity index (χ3n) is 4.47. The van der Waals surface area contributed by atoms with Gasteiger partial charge < -0.3 is 9.47 Å². The number of cyclic esters (lactones) is 2. The van der Waals surface area contributed by atoms with Crippen molar-refractivity contribution in [3.8, 4) is 0 Å². The van der Waals surface area contributed by atoms with Crippen molar-refractivity contribution < 1.29 is 19.1 Å². The van der Waals surface area contributed by atoms with Gasteiger partial charge in [0.2, 0.25) is 0 Å². The maximum atomic E-state index is 11.6. The normalized spacial score (nSPS) is 21.1. The number of carbonyl (C=O) groups is 2. The third kappa shape index (κ3) is 8.97. The first-order chi connectivity index (χ1) is 11.1. The molecular formula is C19H34O4. The van der Waals surface area contributed by atoms with Crippen molar-refractivity contribution in [1.82, 2.24) is 0 Å². The molecule has 0 aliphatic carbocycles. The molecule has 4 nitrogen and oxygen atoms in total. The average molecular weight is 326 g/mol. The van der Waals surface area contributed by atoms with Crippen LogP contribution in [-0.4, -0.2) is 24.1 Å². The Morgan fingerprint density at radius 3 is 1.70 bits per heavy atom. The maximum Gasteiger partial charge on any atom is 0.348 e. The molecule has 1 fully saturated rings. The summed E-state index contributed by atoms with van der Waals surface area (Å²) in [7, 11) is 0. The lowest BCUT2D eigenvalue weighted by atomic mass is 10.0. The van der Waals surface area contributed by atoms with Crippen LogP contribution in [-0.2, 0) is 19.1 Å². The van der Waals surface area contributed by atoms with Gasteiger partial charge in [-0.25, -0.2) is 9.59 Å². The Kier molecular flexibility index (Phi) is 10.8. The lowest BCUT2D eigenvalue weighted by Gasteiger charge is -2.25. The fourth-order valence-corrected chi connectivity index (χ4v) is 2.93. The number of unbranched alkanes of at least 4 members (excludes halogenated alkanes) is 11. The first-order valence-electron chi connectivity index (χ1n) is 9.56. The van der Waals surface area contributed by atoms with Crippen molar-refractivity contribution in [2.45, 2.75) is 110 Å². The smallest absolute Gasteiger partial charge is 0.348 e. The molecule has 1 aliphatic rings. The fraction of sp³-hybridized carbons (Fsp3) is 0.895. The summed E-state index contributed by atoms with van der Waals surface area (Å²) in [6, 6.07) is 0. The van der Waals surface area contributed by atoms with Crippen molar-refractivity contribution in [2.75, 3.05) is 0 Å². The summed E-state index contributed by atoms with van der Waals surface area (Å²) in [5.74, 6) is -0.811. The molecule has 4 heteroatoms. The molecule has 0 saturated carbocycles. The molecule has 0 radical (unpaired) electrons. The van der Waals surface area contributed by atoms with E-state index in [2.05, 4.69) is 6.92 Å². The summed E-state index contributed by atoms with van der Waals surface area (Å²) in [5, 5.41) is 0. The molecule has 2 unspecified atom stereocenters. The van der Waals surface area contributed by atoms with Crippen LogP contribution in [0.4, 0.5) is 0 Å². The van der Waals surface area contributed by atoms with Crippen molar-refractivity contribution >= 4 is 11.9 Å². The van der Waals surface area contributed by atoms with E-state index in [1.165, 1.54) is 64.2 Å². The Morgan fingerprint density at radius 1 is 0.696 bits per heavy atom. The van der Waals surface area contributed by atoms with E-state index in [9.17, 15) is 9.59 Å². The highest BCUT2D eigenvalue weighted by atomic mass is 16.6. The van der Waals surface area contributed by atoms with Crippen molar-refractivity contribution in [3.05, 3.63) is 0 Å². The van der Waals surface area contributed by atoms with Crippen LogP contribution < -0.4 is 0 Å². The van der Waals surface area contributed by atoms with Gasteiger partial charge in [-0.05, 0) is 19.8 Å². The summed E-state index contributed by atoms with van der Waals surface area (Å²) in [4.78, 5) is 23.0. The van der Waals surface area contributed by atoms with Gasteiger partial charge in [0.25, 0.3) is 0 Å². The standard InChI is InChI=1S/C19H34O4/c1-3-4-5-6-7-8-9-10-11-12-13-14-15-17-19(21)22-16(2)18(20)23-17/h16-17H,3-15H2,1-2H3. The zero-order chi connectivity index (χ0) is 16.9. The second-order valence-corrected chi connectivity index (χ2v) is 6.68. The lowest BCUT2D eigenvalue weighted by molar-refractivity contribution is -0.193. The molecule has 134 valence electrons. The molecule has 0 aromatic rings. The first-order valence-corrected chi connectivity index (χ1v) is 9.56. The van der Waals surface area contributed by atoms with Crippen molar-refractivity contribution in [1.29, 1.82) is 0 Å². The second-order valence-electron chi connectivity index (χ2n) is 6.68. The average Bonchev–Trinajstić information content (AvgIpc) is 2.53. The van der Waals surface area contributed by atoms with Crippen LogP contribution in [0.5, 0.6) is 0 Å². The molecule has 0 spiro atoms. The summed E-state index contributed by atoms with van der Waals surface area (Å²) < 4.78 is 10.1. The molecular weight excluding hydrogens is 292 g/mol. The Labute approximate surface area is 141 Å². The molecule has 0 amide bonds. The Bertz CT molecular complexity index is 340. The molecule has 1 rings (SSSR count). The van der Waals surface area contributed by atoms with E-state index in [1.54, 1.807) is 6.92 Å². The molecule has 1 saturated heterocycles. The van der Waals surface area contributed by atoms with Gasteiger partial charge in [0, 0.05) is 0 Å².